The van der Waals surface area contributed by atoms with Crippen molar-refractivity contribution in [1.82, 2.24) is 0 Å². The van der Waals surface area contributed by atoms with Gasteiger partial charge in [0.25, 0.3) is 5.91 Å². The van der Waals surface area contributed by atoms with Crippen molar-refractivity contribution in [3.05, 3.63) is 99.3 Å². The van der Waals surface area contributed by atoms with Gasteiger partial charge in [-0.25, -0.2) is 4.39 Å². The fraction of sp³-hybridized carbons (Fsp3) is 0.310. The third kappa shape index (κ3) is 4.78. The van der Waals surface area contributed by atoms with Crippen LogP contribution in [0.4, 0.5) is 10.1 Å². The molecule has 1 amide bonds. The summed E-state index contributed by atoms with van der Waals surface area (Å²) in [5.41, 5.74) is 6.60. The maximum Gasteiger partial charge on any atom is 0.251 e. The van der Waals surface area contributed by atoms with Crippen LogP contribution in [-0.2, 0) is 11.2 Å². The molecule has 1 aliphatic rings. The molecule has 0 aliphatic carbocycles. The van der Waals surface area contributed by atoms with Crippen LogP contribution in [0, 0.1) is 5.82 Å². The van der Waals surface area contributed by atoms with E-state index in [2.05, 4.69) is 45.9 Å². The Hall–Kier alpha value is -2.98. The fourth-order valence-corrected chi connectivity index (χ4v) is 4.76. The number of nitrogens with zero attached hydrogens (tertiary/aromatic N) is 2. The maximum absolute atomic E-state index is 13.7. The summed E-state index contributed by atoms with van der Waals surface area (Å²) in [4.78, 5) is 20.2. The van der Waals surface area contributed by atoms with Gasteiger partial charge in [-0.1, -0.05) is 57.5 Å². The number of hydrogen-bond acceptors (Lipinski definition) is 2. The first-order valence-electron chi connectivity index (χ1n) is 11.7. The molecule has 34 heavy (non-hydrogen) atoms. The molecule has 3 aromatic rings. The van der Waals surface area contributed by atoms with E-state index >= 15 is 0 Å². The van der Waals surface area contributed by atoms with Gasteiger partial charge in [-0.15, -0.1) is 0 Å². The number of halogens is 2. The van der Waals surface area contributed by atoms with E-state index < -0.39 is 6.04 Å². The summed E-state index contributed by atoms with van der Waals surface area (Å²) in [6, 6.07) is 17.5. The number of amides is 1. The molecule has 5 heteroatoms. The Balaban J connectivity index is 1.82. The van der Waals surface area contributed by atoms with Gasteiger partial charge in [0, 0.05) is 29.6 Å². The van der Waals surface area contributed by atoms with Crippen molar-refractivity contribution in [2.45, 2.75) is 52.0 Å². The van der Waals surface area contributed by atoms with Crippen LogP contribution >= 0.6 is 11.6 Å². The topological polar surface area (TPSA) is 32.7 Å². The minimum Gasteiger partial charge on any atom is -0.313 e. The van der Waals surface area contributed by atoms with Crippen molar-refractivity contribution < 1.29 is 9.18 Å². The van der Waals surface area contributed by atoms with Crippen LogP contribution in [-0.4, -0.2) is 24.7 Å². The molecular weight excluding hydrogens is 447 g/mol. The van der Waals surface area contributed by atoms with Crippen LogP contribution in [0.15, 0.2) is 65.7 Å². The molecule has 0 aromatic heterocycles. The van der Waals surface area contributed by atoms with Gasteiger partial charge in [0.15, 0.2) is 0 Å². The molecule has 3 aromatic carbocycles. The number of carbonyl (C=O) groups excluding carboxylic acids is 1. The summed E-state index contributed by atoms with van der Waals surface area (Å²) < 4.78 is 13.7. The zero-order valence-electron chi connectivity index (χ0n) is 20.3. The Morgan fingerprint density at radius 1 is 0.941 bits per heavy atom. The molecule has 1 atom stereocenters. The van der Waals surface area contributed by atoms with Gasteiger partial charge in [0.05, 0.1) is 11.4 Å². The fourth-order valence-electron chi connectivity index (χ4n) is 4.58. The number of aliphatic imine (C=N–C) groups is 1. The molecule has 1 aliphatic heterocycles. The Labute approximate surface area is 206 Å². The average Bonchev–Trinajstić information content (AvgIpc) is 2.90. The quantitative estimate of drug-likeness (QED) is 0.384. The van der Waals surface area contributed by atoms with Gasteiger partial charge in [0.1, 0.15) is 11.9 Å². The van der Waals surface area contributed by atoms with E-state index in [1.165, 1.54) is 23.3 Å². The highest BCUT2D eigenvalue weighted by Crippen LogP contribution is 2.32. The van der Waals surface area contributed by atoms with Crippen molar-refractivity contribution >= 4 is 28.9 Å². The molecule has 1 heterocycles. The third-order valence-corrected chi connectivity index (χ3v) is 6.65. The zero-order chi connectivity index (χ0) is 24.6. The van der Waals surface area contributed by atoms with Crippen LogP contribution < -0.4 is 4.90 Å². The van der Waals surface area contributed by atoms with Crippen LogP contribution in [0.25, 0.3) is 0 Å². The molecule has 1 unspecified atom stereocenters. The molecule has 0 saturated carbocycles. The monoisotopic (exact) mass is 476 g/mol. The van der Waals surface area contributed by atoms with E-state index in [0.29, 0.717) is 29.0 Å². The molecule has 176 valence electrons. The number of carbonyl (C=O) groups is 1. The number of rotatable bonds is 5. The molecule has 0 spiro atoms. The Morgan fingerprint density at radius 2 is 1.62 bits per heavy atom. The van der Waals surface area contributed by atoms with Gasteiger partial charge >= 0.3 is 0 Å². The van der Waals surface area contributed by atoms with E-state index in [9.17, 15) is 9.18 Å². The lowest BCUT2D eigenvalue weighted by Gasteiger charge is -2.22. The smallest absolute Gasteiger partial charge is 0.251 e. The lowest BCUT2D eigenvalue weighted by molar-refractivity contribution is -0.119. The van der Waals surface area contributed by atoms with Gasteiger partial charge in [-0.05, 0) is 71.0 Å². The van der Waals surface area contributed by atoms with Crippen molar-refractivity contribution in [1.29, 1.82) is 0 Å². The normalized spacial score (nSPS) is 16.0. The summed E-state index contributed by atoms with van der Waals surface area (Å²) in [5.74, 6) is 0.411. The van der Waals surface area contributed by atoms with Crippen LogP contribution in [0.2, 0.25) is 5.02 Å². The summed E-state index contributed by atoms with van der Waals surface area (Å²) in [7, 11) is 1.77. The lowest BCUT2D eigenvalue weighted by atomic mass is 9.88. The minimum absolute atomic E-state index is 0.0836. The molecule has 0 bridgehead atoms. The van der Waals surface area contributed by atoms with Crippen molar-refractivity contribution in [3.8, 4) is 0 Å². The summed E-state index contributed by atoms with van der Waals surface area (Å²) in [5, 5.41) is 0.554. The molecule has 0 saturated heterocycles. The van der Waals surface area contributed by atoms with E-state index in [-0.39, 0.29) is 11.7 Å². The predicted molar refractivity (Wildman–Crippen MR) is 139 cm³/mol. The summed E-state index contributed by atoms with van der Waals surface area (Å²) >= 11 is 6.33. The first-order chi connectivity index (χ1) is 16.2. The van der Waals surface area contributed by atoms with Crippen molar-refractivity contribution in [2.24, 2.45) is 4.99 Å². The highest BCUT2D eigenvalue weighted by Gasteiger charge is 2.30. The van der Waals surface area contributed by atoms with Crippen LogP contribution in [0.3, 0.4) is 0 Å². The zero-order valence-corrected chi connectivity index (χ0v) is 21.0. The van der Waals surface area contributed by atoms with E-state index in [1.807, 2.05) is 12.1 Å². The number of fused-ring (bicyclic) bond motifs is 1. The van der Waals surface area contributed by atoms with E-state index in [4.69, 9.17) is 16.6 Å². The van der Waals surface area contributed by atoms with E-state index in [0.717, 1.165) is 22.4 Å². The number of benzene rings is 3. The van der Waals surface area contributed by atoms with Crippen LogP contribution in [0.1, 0.15) is 67.3 Å². The molecular formula is C29H30ClFN2O. The second kappa shape index (κ2) is 9.71. The SMILES string of the molecule is CC(C)c1ccc(CC2N=C(c3ccc(F)cc3)c3cc(Cl)ccc3N(C)C2=O)cc1C(C)C. The van der Waals surface area contributed by atoms with Crippen LogP contribution in [0.5, 0.6) is 0 Å². The largest absolute Gasteiger partial charge is 0.313 e. The highest BCUT2D eigenvalue weighted by molar-refractivity contribution is 6.32. The molecule has 0 fully saturated rings. The Morgan fingerprint density at radius 3 is 2.26 bits per heavy atom. The first kappa shape index (κ1) is 24.2. The number of benzodiazepines with no additional fused rings is 1. The Bertz CT molecular complexity index is 1250. The first-order valence-corrected chi connectivity index (χ1v) is 12.1. The third-order valence-electron chi connectivity index (χ3n) is 6.42. The summed E-state index contributed by atoms with van der Waals surface area (Å²) in [6.07, 6.45) is 0.480. The molecule has 3 nitrogen and oxygen atoms in total. The van der Waals surface area contributed by atoms with Gasteiger partial charge in [0.2, 0.25) is 0 Å². The molecule has 0 radical (unpaired) electrons. The number of likely N-dealkylation sites (N-methyl/N-ethyl adjacent to an activating group) is 1. The number of anilines is 1. The number of hydrogen-bond donors (Lipinski definition) is 0. The average molecular weight is 477 g/mol. The second-order valence-electron chi connectivity index (χ2n) is 9.54. The van der Waals surface area contributed by atoms with Gasteiger partial charge < -0.3 is 4.90 Å². The standard InChI is InChI=1S/C29H30ClFN2O/c1-17(2)23-12-6-19(14-24(23)18(3)4)15-26-29(34)33(5)27-13-9-21(30)16-25(27)28(32-26)20-7-10-22(31)11-8-20/h6-14,16-18,26H,15H2,1-5H3. The van der Waals surface area contributed by atoms with Crippen molar-refractivity contribution in [2.75, 3.05) is 11.9 Å². The lowest BCUT2D eigenvalue weighted by Crippen LogP contribution is -2.36. The predicted octanol–water partition coefficient (Wildman–Crippen LogP) is 7.15. The summed E-state index contributed by atoms with van der Waals surface area (Å²) in [6.45, 7) is 8.79. The minimum atomic E-state index is -0.610. The highest BCUT2D eigenvalue weighted by atomic mass is 35.5. The second-order valence-corrected chi connectivity index (χ2v) is 9.97. The molecule has 0 N–H and O–H groups in total. The molecule has 4 rings (SSSR count). The van der Waals surface area contributed by atoms with E-state index in [1.54, 1.807) is 30.1 Å². The maximum atomic E-state index is 13.7. The Kier molecular flexibility index (Phi) is 6.90. The van der Waals surface area contributed by atoms with Crippen molar-refractivity contribution in [3.63, 3.8) is 0 Å². The van der Waals surface area contributed by atoms with Gasteiger partial charge in [-0.3, -0.25) is 9.79 Å². The van der Waals surface area contributed by atoms with Gasteiger partial charge in [-0.2, -0.15) is 0 Å².